The van der Waals surface area contributed by atoms with Crippen molar-refractivity contribution in [1.82, 2.24) is 0 Å². The monoisotopic (exact) mass is 298 g/mol. The molecule has 0 aromatic rings. The molecule has 4 heteroatoms. The lowest BCUT2D eigenvalue weighted by Crippen LogP contribution is -2.03. The van der Waals surface area contributed by atoms with Gasteiger partial charge in [-0.05, 0) is 30.3 Å². The standard InChI is InChI=1S/C12H26S4/c1-10(7-16-9-12(3)14)5-4-6-15-8-11(2)13/h10-14H,4-9H2,1-3H3. The summed E-state index contributed by atoms with van der Waals surface area (Å²) >= 11 is 12.8. The summed E-state index contributed by atoms with van der Waals surface area (Å²) < 4.78 is 0. The number of rotatable bonds is 10. The van der Waals surface area contributed by atoms with E-state index in [0.29, 0.717) is 10.5 Å². The fourth-order valence-corrected chi connectivity index (χ4v) is 3.87. The van der Waals surface area contributed by atoms with E-state index in [1.807, 2.05) is 23.5 Å². The third-order valence-electron chi connectivity index (χ3n) is 2.11. The van der Waals surface area contributed by atoms with Gasteiger partial charge in [-0.1, -0.05) is 20.8 Å². The van der Waals surface area contributed by atoms with Crippen molar-refractivity contribution in [1.29, 1.82) is 0 Å². The van der Waals surface area contributed by atoms with Crippen LogP contribution in [0.3, 0.4) is 0 Å². The molecule has 16 heavy (non-hydrogen) atoms. The molecule has 0 bridgehead atoms. The van der Waals surface area contributed by atoms with Crippen LogP contribution in [0.25, 0.3) is 0 Å². The Morgan fingerprint density at radius 2 is 1.44 bits per heavy atom. The van der Waals surface area contributed by atoms with Crippen LogP contribution in [-0.2, 0) is 0 Å². The second-order valence-corrected chi connectivity index (χ2v) is 8.55. The van der Waals surface area contributed by atoms with Crippen molar-refractivity contribution in [3.8, 4) is 0 Å². The number of hydrogen-bond donors (Lipinski definition) is 2. The average Bonchev–Trinajstić information content (AvgIpc) is 2.16. The third kappa shape index (κ3) is 13.5. The molecule has 0 rings (SSSR count). The lowest BCUT2D eigenvalue weighted by molar-refractivity contribution is 0.588. The lowest BCUT2D eigenvalue weighted by Gasteiger charge is -2.11. The lowest BCUT2D eigenvalue weighted by atomic mass is 10.1. The van der Waals surface area contributed by atoms with E-state index >= 15 is 0 Å². The molecular weight excluding hydrogens is 272 g/mol. The van der Waals surface area contributed by atoms with E-state index < -0.39 is 0 Å². The molecule has 0 saturated carbocycles. The number of hydrogen-bond acceptors (Lipinski definition) is 4. The van der Waals surface area contributed by atoms with E-state index in [9.17, 15) is 0 Å². The van der Waals surface area contributed by atoms with Crippen molar-refractivity contribution in [3.63, 3.8) is 0 Å². The molecule has 0 aliphatic heterocycles. The summed E-state index contributed by atoms with van der Waals surface area (Å²) in [4.78, 5) is 0. The van der Waals surface area contributed by atoms with Gasteiger partial charge < -0.3 is 0 Å². The van der Waals surface area contributed by atoms with Crippen LogP contribution in [0.15, 0.2) is 0 Å². The van der Waals surface area contributed by atoms with Gasteiger partial charge in [0.25, 0.3) is 0 Å². The van der Waals surface area contributed by atoms with Gasteiger partial charge in [0.1, 0.15) is 0 Å². The van der Waals surface area contributed by atoms with Crippen LogP contribution in [0, 0.1) is 5.92 Å². The third-order valence-corrected chi connectivity index (χ3v) is 5.82. The van der Waals surface area contributed by atoms with Crippen LogP contribution in [0.1, 0.15) is 33.6 Å². The zero-order valence-electron chi connectivity index (χ0n) is 10.7. The fraction of sp³-hybridized carbons (Fsp3) is 1.00. The first-order valence-corrected chi connectivity index (χ1v) is 9.38. The van der Waals surface area contributed by atoms with Gasteiger partial charge in [-0.15, -0.1) is 0 Å². The Hall–Kier alpha value is 1.40. The zero-order valence-corrected chi connectivity index (χ0v) is 14.1. The molecule has 0 spiro atoms. The summed E-state index contributed by atoms with van der Waals surface area (Å²) in [6.45, 7) is 6.69. The summed E-state index contributed by atoms with van der Waals surface area (Å²) in [5, 5.41) is 1.07. The summed E-state index contributed by atoms with van der Waals surface area (Å²) in [6.07, 6.45) is 2.71. The minimum atomic E-state index is 0.532. The first-order valence-electron chi connectivity index (χ1n) is 6.04. The molecule has 0 nitrogen and oxygen atoms in total. The highest BCUT2D eigenvalue weighted by atomic mass is 32.2. The van der Waals surface area contributed by atoms with E-state index in [2.05, 4.69) is 46.0 Å². The van der Waals surface area contributed by atoms with Crippen molar-refractivity contribution in [2.45, 2.75) is 44.1 Å². The Kier molecular flexibility index (Phi) is 12.5. The molecule has 0 radical (unpaired) electrons. The van der Waals surface area contributed by atoms with Gasteiger partial charge in [-0.2, -0.15) is 48.8 Å². The molecule has 0 N–H and O–H groups in total. The first kappa shape index (κ1) is 17.4. The van der Waals surface area contributed by atoms with E-state index in [0.717, 1.165) is 5.92 Å². The molecule has 0 aromatic carbocycles. The van der Waals surface area contributed by atoms with Crippen LogP contribution in [0.2, 0.25) is 0 Å². The molecule has 0 fully saturated rings. The highest BCUT2D eigenvalue weighted by molar-refractivity contribution is 8.00. The molecule has 3 unspecified atom stereocenters. The van der Waals surface area contributed by atoms with Crippen LogP contribution in [0.5, 0.6) is 0 Å². The Balaban J connectivity index is 3.20. The largest absolute Gasteiger partial charge is 0.175 e. The number of thiol groups is 2. The predicted octanol–water partition coefficient (Wildman–Crippen LogP) is 4.51. The minimum absolute atomic E-state index is 0.532. The van der Waals surface area contributed by atoms with Crippen LogP contribution in [-0.4, -0.2) is 33.5 Å². The van der Waals surface area contributed by atoms with Gasteiger partial charge in [0, 0.05) is 22.0 Å². The molecule has 0 saturated heterocycles. The molecular formula is C12H26S4. The molecule has 3 atom stereocenters. The summed E-state index contributed by atoms with van der Waals surface area (Å²) in [6, 6.07) is 0. The average molecular weight is 299 g/mol. The van der Waals surface area contributed by atoms with Gasteiger partial charge in [0.05, 0.1) is 0 Å². The molecule has 0 heterocycles. The second-order valence-electron chi connectivity index (χ2n) is 4.56. The fourth-order valence-electron chi connectivity index (χ4n) is 1.31. The van der Waals surface area contributed by atoms with Crippen molar-refractivity contribution in [3.05, 3.63) is 0 Å². The van der Waals surface area contributed by atoms with E-state index in [1.165, 1.54) is 35.9 Å². The molecule has 0 aromatic heterocycles. The molecule has 0 aliphatic carbocycles. The van der Waals surface area contributed by atoms with E-state index in [1.54, 1.807) is 0 Å². The van der Waals surface area contributed by atoms with E-state index in [4.69, 9.17) is 0 Å². The quantitative estimate of drug-likeness (QED) is 0.450. The van der Waals surface area contributed by atoms with Crippen LogP contribution >= 0.6 is 48.8 Å². The minimum Gasteiger partial charge on any atom is -0.175 e. The van der Waals surface area contributed by atoms with Crippen molar-refractivity contribution >= 4 is 48.8 Å². The Morgan fingerprint density at radius 1 is 0.875 bits per heavy atom. The van der Waals surface area contributed by atoms with Crippen molar-refractivity contribution in [2.24, 2.45) is 5.92 Å². The second kappa shape index (κ2) is 11.5. The van der Waals surface area contributed by atoms with Crippen LogP contribution in [0.4, 0.5) is 0 Å². The van der Waals surface area contributed by atoms with Crippen molar-refractivity contribution < 1.29 is 0 Å². The highest BCUT2D eigenvalue weighted by Gasteiger charge is 2.04. The maximum Gasteiger partial charge on any atom is 0.00791 e. The maximum absolute atomic E-state index is 4.39. The summed E-state index contributed by atoms with van der Waals surface area (Å²) in [7, 11) is 0. The Bertz CT molecular complexity index is 148. The Morgan fingerprint density at radius 3 is 2.00 bits per heavy atom. The normalized spacial score (nSPS) is 17.1. The van der Waals surface area contributed by atoms with Crippen molar-refractivity contribution in [2.75, 3.05) is 23.0 Å². The van der Waals surface area contributed by atoms with Crippen LogP contribution < -0.4 is 0 Å². The Labute approximate surface area is 121 Å². The van der Waals surface area contributed by atoms with Gasteiger partial charge in [0.15, 0.2) is 0 Å². The summed E-state index contributed by atoms with van der Waals surface area (Å²) in [5.41, 5.74) is 0. The maximum atomic E-state index is 4.39. The van der Waals surface area contributed by atoms with Gasteiger partial charge in [-0.3, -0.25) is 0 Å². The predicted molar refractivity (Wildman–Crippen MR) is 89.9 cm³/mol. The molecule has 98 valence electrons. The smallest absolute Gasteiger partial charge is 0.00791 e. The highest BCUT2D eigenvalue weighted by Crippen LogP contribution is 2.17. The SMILES string of the molecule is CC(S)CSCCCC(C)CSCC(C)S. The zero-order chi connectivity index (χ0) is 12.4. The molecule has 0 aliphatic rings. The van der Waals surface area contributed by atoms with Gasteiger partial charge in [0.2, 0.25) is 0 Å². The number of thioether (sulfide) groups is 2. The van der Waals surface area contributed by atoms with E-state index in [-0.39, 0.29) is 0 Å². The first-order chi connectivity index (χ1) is 7.52. The van der Waals surface area contributed by atoms with Gasteiger partial charge >= 0.3 is 0 Å². The topological polar surface area (TPSA) is 0 Å². The summed E-state index contributed by atoms with van der Waals surface area (Å²) in [5.74, 6) is 5.80. The molecule has 0 amide bonds. The van der Waals surface area contributed by atoms with Gasteiger partial charge in [-0.25, -0.2) is 0 Å².